The molecule has 0 bridgehead atoms. The van der Waals surface area contributed by atoms with Gasteiger partial charge in [-0.15, -0.1) is 0 Å². The highest BCUT2D eigenvalue weighted by Gasteiger charge is 2.26. The Morgan fingerprint density at radius 1 is 1.23 bits per heavy atom. The van der Waals surface area contributed by atoms with E-state index in [-0.39, 0.29) is 23.5 Å². The first-order valence-corrected chi connectivity index (χ1v) is 10.9. The summed E-state index contributed by atoms with van der Waals surface area (Å²) in [5.74, 6) is -0.161. The van der Waals surface area contributed by atoms with Gasteiger partial charge in [-0.25, -0.2) is 4.79 Å². The number of anilines is 1. The maximum absolute atomic E-state index is 13.2. The molecule has 7 nitrogen and oxygen atoms in total. The van der Waals surface area contributed by atoms with Gasteiger partial charge in [-0.1, -0.05) is 36.2 Å². The first kappa shape index (κ1) is 25.0. The van der Waals surface area contributed by atoms with Crippen molar-refractivity contribution in [3.05, 3.63) is 52.3 Å². The van der Waals surface area contributed by atoms with Crippen LogP contribution in [0.5, 0.6) is 0 Å². The summed E-state index contributed by atoms with van der Waals surface area (Å²) in [4.78, 5) is 29.4. The Bertz CT molecular complexity index is 887. The summed E-state index contributed by atoms with van der Waals surface area (Å²) < 4.78 is 7.14. The molecule has 3 amide bonds. The molecular formula is C22H30Cl2N4O3. The molecule has 2 aromatic rings. The Morgan fingerprint density at radius 3 is 2.58 bits per heavy atom. The van der Waals surface area contributed by atoms with E-state index in [9.17, 15) is 9.59 Å². The van der Waals surface area contributed by atoms with Crippen LogP contribution in [0.2, 0.25) is 10.0 Å². The van der Waals surface area contributed by atoms with E-state index in [2.05, 4.69) is 5.32 Å². The Kier molecular flexibility index (Phi) is 9.68. The number of halogens is 2. The lowest BCUT2D eigenvalue weighted by Crippen LogP contribution is -2.48. The molecule has 0 aliphatic rings. The highest BCUT2D eigenvalue weighted by Crippen LogP contribution is 2.29. The predicted octanol–water partition coefficient (Wildman–Crippen LogP) is 4.64. The monoisotopic (exact) mass is 468 g/mol. The fraction of sp³-hybridized carbons (Fsp3) is 0.455. The molecule has 0 aliphatic heterocycles. The molecule has 0 fully saturated rings. The van der Waals surface area contributed by atoms with Gasteiger partial charge in [-0.2, -0.15) is 0 Å². The Labute approximate surface area is 193 Å². The van der Waals surface area contributed by atoms with Crippen LogP contribution >= 0.6 is 23.2 Å². The number of benzene rings is 1. The molecule has 0 saturated carbocycles. The molecule has 9 heteroatoms. The molecule has 1 N–H and O–H groups in total. The molecule has 170 valence electrons. The van der Waals surface area contributed by atoms with Crippen molar-refractivity contribution in [3.63, 3.8) is 0 Å². The van der Waals surface area contributed by atoms with Gasteiger partial charge in [0, 0.05) is 38.6 Å². The number of carbonyl (C=O) groups excluding carboxylic acids is 2. The van der Waals surface area contributed by atoms with Gasteiger partial charge in [0.05, 0.1) is 28.9 Å². The molecule has 1 atom stereocenters. The molecule has 1 aromatic heterocycles. The van der Waals surface area contributed by atoms with E-state index in [4.69, 9.17) is 27.9 Å². The molecule has 0 radical (unpaired) electrons. The Balaban J connectivity index is 2.17. The van der Waals surface area contributed by atoms with Crippen molar-refractivity contribution in [1.82, 2.24) is 14.4 Å². The van der Waals surface area contributed by atoms with Crippen molar-refractivity contribution in [2.75, 3.05) is 32.1 Å². The van der Waals surface area contributed by atoms with E-state index >= 15 is 0 Å². The van der Waals surface area contributed by atoms with E-state index < -0.39 is 6.03 Å². The van der Waals surface area contributed by atoms with E-state index in [1.807, 2.05) is 43.8 Å². The summed E-state index contributed by atoms with van der Waals surface area (Å²) in [5, 5.41) is 3.39. The first-order chi connectivity index (χ1) is 14.8. The molecule has 0 spiro atoms. The summed E-state index contributed by atoms with van der Waals surface area (Å²) in [7, 11) is 3.53. The van der Waals surface area contributed by atoms with Gasteiger partial charge >= 0.3 is 6.03 Å². The smallest absolute Gasteiger partial charge is 0.322 e. The van der Waals surface area contributed by atoms with Crippen molar-refractivity contribution in [2.45, 2.75) is 32.9 Å². The molecule has 2 rings (SSSR count). The van der Waals surface area contributed by atoms with Crippen molar-refractivity contribution in [2.24, 2.45) is 7.05 Å². The maximum Gasteiger partial charge on any atom is 0.322 e. The van der Waals surface area contributed by atoms with Gasteiger partial charge in [0.2, 0.25) is 5.91 Å². The number of aryl methyl sites for hydroxylation is 1. The number of aromatic nitrogens is 1. The molecule has 0 aliphatic carbocycles. The molecule has 1 aromatic carbocycles. The molecule has 1 heterocycles. The Hall–Kier alpha value is -2.22. The number of methoxy groups -OCH3 is 1. The standard InChI is InChI=1S/C22H30Cl2N4O3/c1-5-16(2)28(22(30)25-19-10-6-9-18(23)21(19)24)15-20(29)27(12-13-31-4)14-17-8-7-11-26(17)3/h6-11,16H,5,12-15H2,1-4H3,(H,25,30). The number of rotatable bonds is 10. The van der Waals surface area contributed by atoms with Gasteiger partial charge < -0.3 is 24.4 Å². The topological polar surface area (TPSA) is 66.8 Å². The quantitative estimate of drug-likeness (QED) is 0.552. The van der Waals surface area contributed by atoms with E-state index in [0.29, 0.717) is 36.8 Å². The third-order valence-corrected chi connectivity index (χ3v) is 6.02. The second-order valence-electron chi connectivity index (χ2n) is 7.34. The maximum atomic E-state index is 13.2. The normalized spacial score (nSPS) is 11.8. The zero-order chi connectivity index (χ0) is 23.0. The lowest BCUT2D eigenvalue weighted by molar-refractivity contribution is -0.133. The van der Waals surface area contributed by atoms with Gasteiger partial charge in [-0.3, -0.25) is 4.79 Å². The minimum atomic E-state index is -0.405. The van der Waals surface area contributed by atoms with Crippen LogP contribution in [0.3, 0.4) is 0 Å². The van der Waals surface area contributed by atoms with Gasteiger partial charge in [0.1, 0.15) is 6.54 Å². The summed E-state index contributed by atoms with van der Waals surface area (Å²) in [6, 6.07) is 8.36. The fourth-order valence-corrected chi connectivity index (χ4v) is 3.38. The summed E-state index contributed by atoms with van der Waals surface area (Å²) >= 11 is 12.3. The molecule has 1 unspecified atom stereocenters. The Morgan fingerprint density at radius 2 is 1.97 bits per heavy atom. The van der Waals surface area contributed by atoms with Crippen LogP contribution in [0.25, 0.3) is 0 Å². The van der Waals surface area contributed by atoms with E-state index in [1.54, 1.807) is 30.2 Å². The van der Waals surface area contributed by atoms with Crippen LogP contribution in [-0.4, -0.2) is 59.2 Å². The van der Waals surface area contributed by atoms with E-state index in [0.717, 1.165) is 5.69 Å². The zero-order valence-corrected chi connectivity index (χ0v) is 19.9. The highest BCUT2D eigenvalue weighted by atomic mass is 35.5. The molecule has 0 saturated heterocycles. The highest BCUT2D eigenvalue weighted by molar-refractivity contribution is 6.43. The largest absolute Gasteiger partial charge is 0.383 e. The zero-order valence-electron chi connectivity index (χ0n) is 18.4. The van der Waals surface area contributed by atoms with Crippen molar-refractivity contribution in [3.8, 4) is 0 Å². The number of ether oxygens (including phenoxy) is 1. The van der Waals surface area contributed by atoms with Gasteiger partial charge in [0.15, 0.2) is 0 Å². The number of amides is 3. The third kappa shape index (κ3) is 6.89. The lowest BCUT2D eigenvalue weighted by atomic mass is 10.2. The van der Waals surface area contributed by atoms with Crippen molar-refractivity contribution < 1.29 is 14.3 Å². The summed E-state index contributed by atoms with van der Waals surface area (Å²) in [5.41, 5.74) is 1.40. The predicted molar refractivity (Wildman–Crippen MR) is 125 cm³/mol. The van der Waals surface area contributed by atoms with Crippen LogP contribution in [0.4, 0.5) is 10.5 Å². The molecule has 31 heavy (non-hydrogen) atoms. The van der Waals surface area contributed by atoms with Crippen LogP contribution in [0, 0.1) is 0 Å². The minimum Gasteiger partial charge on any atom is -0.383 e. The number of nitrogens with zero attached hydrogens (tertiary/aromatic N) is 3. The van der Waals surface area contributed by atoms with E-state index in [1.165, 1.54) is 4.90 Å². The van der Waals surface area contributed by atoms with Crippen LogP contribution in [0.15, 0.2) is 36.5 Å². The van der Waals surface area contributed by atoms with Crippen molar-refractivity contribution >= 4 is 40.8 Å². The molecular weight excluding hydrogens is 439 g/mol. The van der Waals surface area contributed by atoms with Crippen molar-refractivity contribution in [1.29, 1.82) is 0 Å². The fourth-order valence-electron chi connectivity index (χ4n) is 3.03. The first-order valence-electron chi connectivity index (χ1n) is 10.2. The number of urea groups is 1. The second kappa shape index (κ2) is 12.0. The number of hydrogen-bond acceptors (Lipinski definition) is 3. The summed E-state index contributed by atoms with van der Waals surface area (Å²) in [6.07, 6.45) is 2.63. The number of hydrogen-bond donors (Lipinski definition) is 1. The minimum absolute atomic E-state index is 0.0623. The summed E-state index contributed by atoms with van der Waals surface area (Å²) in [6.45, 7) is 5.08. The number of nitrogens with one attached hydrogen (secondary N) is 1. The third-order valence-electron chi connectivity index (χ3n) is 5.20. The van der Waals surface area contributed by atoms with Gasteiger partial charge in [-0.05, 0) is 37.6 Å². The number of carbonyl (C=O) groups is 2. The van der Waals surface area contributed by atoms with Crippen LogP contribution < -0.4 is 5.32 Å². The average molecular weight is 469 g/mol. The lowest BCUT2D eigenvalue weighted by Gasteiger charge is -2.31. The second-order valence-corrected chi connectivity index (χ2v) is 8.12. The SMILES string of the molecule is CCC(C)N(CC(=O)N(CCOC)Cc1cccn1C)C(=O)Nc1cccc(Cl)c1Cl. The van der Waals surface area contributed by atoms with Crippen LogP contribution in [-0.2, 0) is 23.1 Å². The van der Waals surface area contributed by atoms with Gasteiger partial charge in [0.25, 0.3) is 0 Å². The van der Waals surface area contributed by atoms with Crippen LogP contribution in [0.1, 0.15) is 26.0 Å². The average Bonchev–Trinajstić information content (AvgIpc) is 3.16.